The number of aromatic nitrogens is 2. The van der Waals surface area contributed by atoms with Gasteiger partial charge in [-0.05, 0) is 38.1 Å². The minimum absolute atomic E-state index is 0.121. The highest BCUT2D eigenvalue weighted by molar-refractivity contribution is 6.30. The molecule has 0 saturated heterocycles. The molecule has 0 radical (unpaired) electrons. The van der Waals surface area contributed by atoms with Crippen molar-refractivity contribution < 1.29 is 9.59 Å². The summed E-state index contributed by atoms with van der Waals surface area (Å²) >= 11 is 6.09. The van der Waals surface area contributed by atoms with Crippen LogP contribution in [-0.2, 0) is 4.79 Å². The number of allylic oxidation sites excluding steroid dienone is 1. The summed E-state index contributed by atoms with van der Waals surface area (Å²) in [5, 5.41) is 8.20. The van der Waals surface area contributed by atoms with Crippen molar-refractivity contribution in [3.05, 3.63) is 76.6 Å². The monoisotopic (exact) mass is 430 g/mol. The molecule has 0 saturated carbocycles. The molecule has 2 aromatic carbocycles. The molecule has 0 bridgehead atoms. The Bertz CT molecular complexity index is 1400. The Morgan fingerprint density at radius 3 is 2.55 bits per heavy atom. The average Bonchev–Trinajstić information content (AvgIpc) is 3.11. The van der Waals surface area contributed by atoms with Gasteiger partial charge in [0.15, 0.2) is 5.78 Å². The van der Waals surface area contributed by atoms with E-state index in [4.69, 9.17) is 16.6 Å². The quantitative estimate of drug-likeness (QED) is 0.414. The van der Waals surface area contributed by atoms with Crippen LogP contribution in [0, 0.1) is 0 Å². The van der Waals surface area contributed by atoms with Crippen LogP contribution >= 0.6 is 11.6 Å². The summed E-state index contributed by atoms with van der Waals surface area (Å²) in [5.74, 6) is -0.121. The third kappa shape index (κ3) is 3.25. The van der Waals surface area contributed by atoms with E-state index in [0.29, 0.717) is 22.0 Å². The smallest absolute Gasteiger partial charge is 0.319 e. The number of nitrogens with one attached hydrogen (secondary N) is 3. The van der Waals surface area contributed by atoms with Crippen LogP contribution in [0.1, 0.15) is 25.6 Å². The first kappa shape index (κ1) is 19.3. The van der Waals surface area contributed by atoms with E-state index >= 15 is 0 Å². The minimum Gasteiger partial charge on any atom is -0.353 e. The zero-order chi connectivity index (χ0) is 21.7. The number of amides is 2. The standard InChI is InChI=1S/C24H19ClN4O2/c1-12-20(13(2)30)23(29-24(31)26-12)19-11-17-16-5-3-4-6-18(16)27-22(17)21(28-19)14-7-9-15(25)10-8-14/h3-11,23,27H,1-2H3,(H2,26,29,31). The lowest BCUT2D eigenvalue weighted by molar-refractivity contribution is -0.114. The fourth-order valence-electron chi connectivity index (χ4n) is 4.21. The van der Waals surface area contributed by atoms with Crippen LogP contribution in [0.15, 0.2) is 65.9 Å². The molecule has 6 nitrogen and oxygen atoms in total. The highest BCUT2D eigenvalue weighted by atomic mass is 35.5. The number of hydrogen-bond donors (Lipinski definition) is 3. The van der Waals surface area contributed by atoms with Gasteiger partial charge in [0, 0.05) is 38.1 Å². The Labute approximate surface area is 183 Å². The molecule has 1 aliphatic heterocycles. The normalized spacial score (nSPS) is 16.5. The van der Waals surface area contributed by atoms with Crippen molar-refractivity contribution in [1.82, 2.24) is 20.6 Å². The molecule has 3 N–H and O–H groups in total. The number of carbonyl (C=O) groups excluding carboxylic acids is 2. The topological polar surface area (TPSA) is 86.9 Å². The first-order chi connectivity index (χ1) is 14.9. The van der Waals surface area contributed by atoms with Gasteiger partial charge in [-0.15, -0.1) is 0 Å². The van der Waals surface area contributed by atoms with Crippen molar-refractivity contribution in [3.63, 3.8) is 0 Å². The highest BCUT2D eigenvalue weighted by Crippen LogP contribution is 2.36. The summed E-state index contributed by atoms with van der Waals surface area (Å²) in [5.41, 5.74) is 5.11. The zero-order valence-electron chi connectivity index (χ0n) is 16.9. The second kappa shape index (κ2) is 7.25. The van der Waals surface area contributed by atoms with Crippen LogP contribution in [0.5, 0.6) is 0 Å². The maximum atomic E-state index is 12.4. The largest absolute Gasteiger partial charge is 0.353 e. The number of halogens is 1. The molecule has 1 aliphatic rings. The number of nitrogens with zero attached hydrogens (tertiary/aromatic N) is 1. The molecule has 0 fully saturated rings. The Morgan fingerprint density at radius 2 is 1.81 bits per heavy atom. The van der Waals surface area contributed by atoms with Crippen LogP contribution < -0.4 is 10.6 Å². The number of benzene rings is 2. The lowest BCUT2D eigenvalue weighted by atomic mass is 9.94. The second-order valence-corrected chi connectivity index (χ2v) is 8.06. The summed E-state index contributed by atoms with van der Waals surface area (Å²) in [6.45, 7) is 3.22. The van der Waals surface area contributed by atoms with E-state index < -0.39 is 6.04 Å². The Balaban J connectivity index is 1.82. The van der Waals surface area contributed by atoms with Gasteiger partial charge in [-0.25, -0.2) is 9.78 Å². The Morgan fingerprint density at radius 1 is 1.06 bits per heavy atom. The van der Waals surface area contributed by atoms with E-state index in [1.54, 1.807) is 6.92 Å². The molecule has 0 spiro atoms. The molecule has 4 aromatic rings. The molecule has 0 aliphatic carbocycles. The number of Topliss-reactive ketones (excluding diaryl/α,β-unsaturated/α-hetero) is 1. The number of ketones is 1. The van der Waals surface area contributed by atoms with Crippen molar-refractivity contribution in [2.75, 3.05) is 0 Å². The summed E-state index contributed by atoms with van der Waals surface area (Å²) in [4.78, 5) is 33.0. The third-order valence-corrected chi connectivity index (χ3v) is 5.83. The van der Waals surface area contributed by atoms with E-state index in [1.165, 1.54) is 6.92 Å². The van der Waals surface area contributed by atoms with Crippen molar-refractivity contribution in [2.24, 2.45) is 0 Å². The van der Waals surface area contributed by atoms with Gasteiger partial charge >= 0.3 is 6.03 Å². The minimum atomic E-state index is -0.643. The third-order valence-electron chi connectivity index (χ3n) is 5.58. The van der Waals surface area contributed by atoms with E-state index in [9.17, 15) is 9.59 Å². The number of H-pyrrole nitrogens is 1. The number of aromatic amines is 1. The number of pyridine rings is 1. The Hall–Kier alpha value is -3.64. The number of rotatable bonds is 3. The SMILES string of the molecule is CC(=O)C1=C(C)NC(=O)NC1c1cc2c([nH]c3ccccc32)c(-c2ccc(Cl)cc2)n1. The van der Waals surface area contributed by atoms with E-state index in [-0.39, 0.29) is 11.8 Å². The molecular formula is C24H19ClN4O2. The number of hydrogen-bond acceptors (Lipinski definition) is 3. The average molecular weight is 431 g/mol. The van der Waals surface area contributed by atoms with Crippen LogP contribution in [0.2, 0.25) is 5.02 Å². The van der Waals surface area contributed by atoms with Gasteiger partial charge in [-0.2, -0.15) is 0 Å². The van der Waals surface area contributed by atoms with Gasteiger partial charge in [-0.1, -0.05) is 41.9 Å². The second-order valence-electron chi connectivity index (χ2n) is 7.62. The number of urea groups is 1. The zero-order valence-corrected chi connectivity index (χ0v) is 17.7. The van der Waals surface area contributed by atoms with Gasteiger partial charge in [-0.3, -0.25) is 4.79 Å². The van der Waals surface area contributed by atoms with Crippen LogP contribution in [-0.4, -0.2) is 21.8 Å². The molecule has 1 atom stereocenters. The summed E-state index contributed by atoms with van der Waals surface area (Å²) < 4.78 is 0. The van der Waals surface area contributed by atoms with E-state index in [0.717, 1.165) is 33.1 Å². The molecule has 5 rings (SSSR count). The molecule has 7 heteroatoms. The van der Waals surface area contributed by atoms with Crippen LogP contribution in [0.4, 0.5) is 4.79 Å². The highest BCUT2D eigenvalue weighted by Gasteiger charge is 2.31. The van der Waals surface area contributed by atoms with Crippen LogP contribution in [0.3, 0.4) is 0 Å². The summed E-state index contributed by atoms with van der Waals surface area (Å²) in [6, 6.07) is 16.4. The molecule has 31 heavy (non-hydrogen) atoms. The Kier molecular flexibility index (Phi) is 4.52. The molecular weight excluding hydrogens is 412 g/mol. The van der Waals surface area contributed by atoms with Crippen molar-refractivity contribution in [2.45, 2.75) is 19.9 Å². The lowest BCUT2D eigenvalue weighted by Crippen LogP contribution is -2.45. The van der Waals surface area contributed by atoms with Gasteiger partial charge < -0.3 is 15.6 Å². The molecule has 154 valence electrons. The van der Waals surface area contributed by atoms with Crippen molar-refractivity contribution in [3.8, 4) is 11.3 Å². The fraction of sp³-hybridized carbons (Fsp3) is 0.125. The van der Waals surface area contributed by atoms with Gasteiger partial charge in [0.05, 0.1) is 16.9 Å². The molecule has 2 aromatic heterocycles. The number of carbonyl (C=O) groups is 2. The predicted octanol–water partition coefficient (Wildman–Crippen LogP) is 5.25. The first-order valence-electron chi connectivity index (χ1n) is 9.89. The molecule has 1 unspecified atom stereocenters. The lowest BCUT2D eigenvalue weighted by Gasteiger charge is -2.27. The van der Waals surface area contributed by atoms with Gasteiger partial charge in [0.2, 0.25) is 0 Å². The molecule has 3 heterocycles. The maximum absolute atomic E-state index is 12.4. The molecule has 2 amide bonds. The summed E-state index contributed by atoms with van der Waals surface area (Å²) in [6.07, 6.45) is 0. The number of fused-ring (bicyclic) bond motifs is 3. The summed E-state index contributed by atoms with van der Waals surface area (Å²) in [7, 11) is 0. The van der Waals surface area contributed by atoms with Gasteiger partial charge in [0.1, 0.15) is 6.04 Å². The van der Waals surface area contributed by atoms with E-state index in [2.05, 4.69) is 15.6 Å². The van der Waals surface area contributed by atoms with Crippen LogP contribution in [0.25, 0.3) is 33.1 Å². The van der Waals surface area contributed by atoms with Gasteiger partial charge in [0.25, 0.3) is 0 Å². The van der Waals surface area contributed by atoms with Crippen molar-refractivity contribution in [1.29, 1.82) is 0 Å². The predicted molar refractivity (Wildman–Crippen MR) is 122 cm³/mol. The maximum Gasteiger partial charge on any atom is 0.319 e. The van der Waals surface area contributed by atoms with Crippen molar-refractivity contribution >= 4 is 45.2 Å². The first-order valence-corrected chi connectivity index (χ1v) is 10.3. The fourth-order valence-corrected chi connectivity index (χ4v) is 4.34. The van der Waals surface area contributed by atoms with E-state index in [1.807, 2.05) is 54.6 Å². The number of para-hydroxylation sites is 1.